The molecule has 12 unspecified atom stereocenters. The molecule has 3 heterocycles. The average Bonchev–Trinajstić information content (AvgIpc) is 3.80. The van der Waals surface area contributed by atoms with Gasteiger partial charge >= 0.3 is 0 Å². The van der Waals surface area contributed by atoms with Crippen molar-refractivity contribution in [2.24, 2.45) is 35.5 Å². The van der Waals surface area contributed by atoms with Crippen molar-refractivity contribution in [2.45, 2.75) is 110 Å². The van der Waals surface area contributed by atoms with Crippen molar-refractivity contribution in [3.63, 3.8) is 0 Å². The minimum Gasteiger partial charge on any atom is -0.363 e. The van der Waals surface area contributed by atoms with E-state index in [1.807, 2.05) is 12.1 Å². The van der Waals surface area contributed by atoms with Crippen LogP contribution in [-0.2, 0) is 9.84 Å². The van der Waals surface area contributed by atoms with Gasteiger partial charge in [0.15, 0.2) is 0 Å². The number of fused-ring (bicyclic) bond motifs is 11. The molecule has 2 aromatic rings. The van der Waals surface area contributed by atoms with Crippen LogP contribution in [0.4, 0.5) is 5.69 Å². The Kier molecular flexibility index (Phi) is 5.92. The highest BCUT2D eigenvalue weighted by molar-refractivity contribution is 7.91. The molecule has 7 aliphatic rings. The highest BCUT2D eigenvalue weighted by Gasteiger charge is 2.68. The van der Waals surface area contributed by atoms with Crippen LogP contribution in [0.25, 0.3) is 0 Å². The zero-order valence-electron chi connectivity index (χ0n) is 24.2. The first-order chi connectivity index (χ1) is 20.5. The van der Waals surface area contributed by atoms with Crippen molar-refractivity contribution in [1.29, 1.82) is 5.26 Å². The summed E-state index contributed by atoms with van der Waals surface area (Å²) in [7, 11) is -3.64. The van der Waals surface area contributed by atoms with Gasteiger partial charge in [-0.2, -0.15) is 5.26 Å². The summed E-state index contributed by atoms with van der Waals surface area (Å²) in [6.07, 6.45) is 13.6. The first-order valence-corrected chi connectivity index (χ1v) is 18.2. The minimum atomic E-state index is -3.64. The van der Waals surface area contributed by atoms with E-state index in [1.165, 1.54) is 69.9 Å². The summed E-state index contributed by atoms with van der Waals surface area (Å²) in [4.78, 5) is 3.37. The predicted molar refractivity (Wildman–Crippen MR) is 162 cm³/mol. The number of nitrogens with one attached hydrogen (secondary N) is 2. The lowest BCUT2D eigenvalue weighted by molar-refractivity contribution is 0.174. The lowest BCUT2D eigenvalue weighted by Crippen LogP contribution is -2.49. The average molecular weight is 583 g/mol. The Morgan fingerprint density at radius 3 is 2.05 bits per heavy atom. The molecule has 7 heteroatoms. The van der Waals surface area contributed by atoms with Gasteiger partial charge in [-0.1, -0.05) is 25.7 Å². The zero-order chi connectivity index (χ0) is 28.2. The third-order valence-corrected chi connectivity index (χ3v) is 14.9. The van der Waals surface area contributed by atoms with Gasteiger partial charge in [-0.05, 0) is 123 Å². The fraction of sp³-hybridized carbons (Fsp3) is 0.629. The monoisotopic (exact) mass is 582 g/mol. The lowest BCUT2D eigenvalue weighted by Gasteiger charge is -2.36. The minimum absolute atomic E-state index is 0.240. The molecule has 0 radical (unpaired) electrons. The second-order valence-corrected chi connectivity index (χ2v) is 16.6. The van der Waals surface area contributed by atoms with Crippen LogP contribution in [0, 0.1) is 46.8 Å². The smallest absolute Gasteiger partial charge is 0.206 e. The summed E-state index contributed by atoms with van der Waals surface area (Å²) in [5, 5.41) is 17.5. The molecule has 3 aliphatic heterocycles. The number of hydrogen-bond donors (Lipinski definition) is 2. The highest BCUT2D eigenvalue weighted by atomic mass is 32.2. The van der Waals surface area contributed by atoms with Crippen LogP contribution in [-0.4, -0.2) is 44.7 Å². The van der Waals surface area contributed by atoms with Gasteiger partial charge in [0.25, 0.3) is 0 Å². The summed E-state index contributed by atoms with van der Waals surface area (Å²) in [5.74, 6) is 4.76. The second-order valence-electron chi connectivity index (χ2n) is 14.6. The Balaban J connectivity index is 1.07. The molecule has 2 aromatic carbocycles. The van der Waals surface area contributed by atoms with Crippen LogP contribution in [0.2, 0.25) is 0 Å². The molecular weight excluding hydrogens is 540 g/mol. The van der Waals surface area contributed by atoms with Crippen LogP contribution < -0.4 is 15.5 Å². The fourth-order valence-corrected chi connectivity index (χ4v) is 13.0. The van der Waals surface area contributed by atoms with Gasteiger partial charge < -0.3 is 15.5 Å². The normalized spacial score (nSPS) is 43.2. The van der Waals surface area contributed by atoms with Crippen molar-refractivity contribution in [3.8, 4) is 6.07 Å². The van der Waals surface area contributed by atoms with Crippen LogP contribution in [0.5, 0.6) is 0 Å². The van der Waals surface area contributed by atoms with Crippen molar-refractivity contribution in [3.05, 3.63) is 54.1 Å². The van der Waals surface area contributed by atoms with Crippen molar-refractivity contribution < 1.29 is 8.42 Å². The van der Waals surface area contributed by atoms with Gasteiger partial charge in [0, 0.05) is 41.9 Å². The standard InChI is InChI=1S/C35H42N4O2S/c36-19-20-9-13-22(14-10-20)42(40,41)23-15-11-21(12-16-23)39-31-18-30-32(25-6-2-4-8-29(25)37-30)33(31)27-17-26-24-5-1-3-7-28(24)38-34(26)35(27)39/h9-16,24-35,37-38H,1-8,17-18H2. The highest BCUT2D eigenvalue weighted by Crippen LogP contribution is 2.63. The van der Waals surface area contributed by atoms with Gasteiger partial charge in [0.05, 0.1) is 21.4 Å². The Morgan fingerprint density at radius 1 is 0.690 bits per heavy atom. The molecule has 4 saturated carbocycles. The van der Waals surface area contributed by atoms with Gasteiger partial charge in [-0.15, -0.1) is 0 Å². The van der Waals surface area contributed by atoms with Crippen LogP contribution in [0.15, 0.2) is 58.3 Å². The number of nitrogens with zero attached hydrogens (tertiary/aromatic N) is 2. The third-order valence-electron chi connectivity index (χ3n) is 13.1. The molecule has 3 saturated heterocycles. The summed E-state index contributed by atoms with van der Waals surface area (Å²) in [5.41, 5.74) is 1.67. The molecule has 0 aromatic heterocycles. The van der Waals surface area contributed by atoms with E-state index < -0.39 is 9.84 Å². The summed E-state index contributed by atoms with van der Waals surface area (Å²) in [6, 6.07) is 19.8. The quantitative estimate of drug-likeness (QED) is 0.512. The van der Waals surface area contributed by atoms with Crippen molar-refractivity contribution in [2.75, 3.05) is 4.90 Å². The zero-order valence-corrected chi connectivity index (χ0v) is 25.1. The topological polar surface area (TPSA) is 85.2 Å². The van der Waals surface area contributed by atoms with E-state index in [1.54, 1.807) is 24.3 Å². The van der Waals surface area contributed by atoms with Crippen LogP contribution >= 0.6 is 0 Å². The summed E-state index contributed by atoms with van der Waals surface area (Å²) >= 11 is 0. The van der Waals surface area contributed by atoms with E-state index in [4.69, 9.17) is 5.26 Å². The van der Waals surface area contributed by atoms with Gasteiger partial charge in [0.1, 0.15) is 0 Å². The van der Waals surface area contributed by atoms with Gasteiger partial charge in [0.2, 0.25) is 9.84 Å². The Labute approximate surface area is 250 Å². The number of rotatable bonds is 3. The number of anilines is 1. The van der Waals surface area contributed by atoms with Crippen LogP contribution in [0.3, 0.4) is 0 Å². The van der Waals surface area contributed by atoms with Crippen molar-refractivity contribution in [1.82, 2.24) is 10.6 Å². The Hall–Kier alpha value is -2.40. The molecule has 9 rings (SSSR count). The Morgan fingerprint density at radius 2 is 1.33 bits per heavy atom. The molecule has 0 bridgehead atoms. The summed E-state index contributed by atoms with van der Waals surface area (Å²) < 4.78 is 27.0. The van der Waals surface area contributed by atoms with E-state index in [2.05, 4.69) is 33.7 Å². The first kappa shape index (κ1) is 26.0. The maximum atomic E-state index is 13.5. The van der Waals surface area contributed by atoms with Crippen molar-refractivity contribution >= 4 is 15.5 Å². The number of hydrogen-bond acceptors (Lipinski definition) is 6. The van der Waals surface area contributed by atoms with E-state index in [9.17, 15) is 8.42 Å². The lowest BCUT2D eigenvalue weighted by atomic mass is 9.70. The molecule has 2 N–H and O–H groups in total. The fourth-order valence-electron chi connectivity index (χ4n) is 11.7. The maximum Gasteiger partial charge on any atom is 0.206 e. The van der Waals surface area contributed by atoms with E-state index in [0.29, 0.717) is 40.7 Å². The SMILES string of the molecule is N#Cc1ccc(S(=O)(=O)c2ccc(N3C4CC5NC6CCCCC6C5C4C4CC5C6CCCCC6NC5C43)cc2)cc1. The number of nitriles is 1. The van der Waals surface area contributed by atoms with E-state index >= 15 is 0 Å². The molecule has 0 spiro atoms. The number of sulfone groups is 1. The van der Waals surface area contributed by atoms with E-state index in [0.717, 1.165) is 41.5 Å². The van der Waals surface area contributed by atoms with E-state index in [-0.39, 0.29) is 4.90 Å². The molecule has 4 aliphatic carbocycles. The third kappa shape index (κ3) is 3.64. The van der Waals surface area contributed by atoms with Crippen LogP contribution in [0.1, 0.15) is 69.8 Å². The molecule has 6 nitrogen and oxygen atoms in total. The molecular formula is C35H42N4O2S. The van der Waals surface area contributed by atoms with Gasteiger partial charge in [-0.3, -0.25) is 0 Å². The molecule has 42 heavy (non-hydrogen) atoms. The number of benzene rings is 2. The largest absolute Gasteiger partial charge is 0.363 e. The summed E-state index contributed by atoms with van der Waals surface area (Å²) in [6.45, 7) is 0. The molecule has 12 atom stereocenters. The second kappa shape index (κ2) is 9.55. The maximum absolute atomic E-state index is 13.5. The Bertz CT molecular complexity index is 1520. The molecule has 0 amide bonds. The molecule has 220 valence electrons. The van der Waals surface area contributed by atoms with Gasteiger partial charge in [-0.25, -0.2) is 8.42 Å². The molecule has 7 fully saturated rings. The predicted octanol–water partition coefficient (Wildman–Crippen LogP) is 5.28. The first-order valence-electron chi connectivity index (χ1n) is 16.7.